The second kappa shape index (κ2) is 5.61. The summed E-state index contributed by atoms with van der Waals surface area (Å²) in [6.07, 6.45) is 2.13. The SMILES string of the molecule is CC(C)c1ccc(S(=O)(=O)NC(CN)C2CC2)cc1. The maximum atomic E-state index is 12.2. The van der Waals surface area contributed by atoms with Crippen LogP contribution in [-0.4, -0.2) is 21.0 Å². The summed E-state index contributed by atoms with van der Waals surface area (Å²) in [7, 11) is -3.45. The van der Waals surface area contributed by atoms with Crippen molar-refractivity contribution in [2.24, 2.45) is 11.7 Å². The van der Waals surface area contributed by atoms with Crippen LogP contribution in [0.4, 0.5) is 0 Å². The highest BCUT2D eigenvalue weighted by molar-refractivity contribution is 7.89. The van der Waals surface area contributed by atoms with Crippen molar-refractivity contribution < 1.29 is 8.42 Å². The molecule has 0 heterocycles. The maximum absolute atomic E-state index is 12.2. The molecule has 0 spiro atoms. The highest BCUT2D eigenvalue weighted by Crippen LogP contribution is 2.32. The third-order valence-corrected chi connectivity index (χ3v) is 5.11. The summed E-state index contributed by atoms with van der Waals surface area (Å²) in [5.74, 6) is 0.808. The van der Waals surface area contributed by atoms with Gasteiger partial charge in [0.25, 0.3) is 0 Å². The number of sulfonamides is 1. The van der Waals surface area contributed by atoms with Crippen molar-refractivity contribution in [3.05, 3.63) is 29.8 Å². The highest BCUT2D eigenvalue weighted by Gasteiger charge is 2.33. The van der Waals surface area contributed by atoms with Gasteiger partial charge in [-0.1, -0.05) is 26.0 Å². The van der Waals surface area contributed by atoms with E-state index in [0.717, 1.165) is 18.4 Å². The Morgan fingerprint density at radius 1 is 1.26 bits per heavy atom. The molecule has 0 radical (unpaired) electrons. The Morgan fingerprint density at radius 2 is 1.84 bits per heavy atom. The van der Waals surface area contributed by atoms with Gasteiger partial charge in [-0.2, -0.15) is 0 Å². The molecule has 0 bridgehead atoms. The summed E-state index contributed by atoms with van der Waals surface area (Å²) in [5.41, 5.74) is 6.77. The standard InChI is InChI=1S/C14H22N2O2S/c1-10(2)11-5-7-13(8-6-11)19(17,18)16-14(9-15)12-3-4-12/h5-8,10,12,14,16H,3-4,9,15H2,1-2H3. The van der Waals surface area contributed by atoms with E-state index >= 15 is 0 Å². The fourth-order valence-corrected chi connectivity index (χ4v) is 3.45. The molecular weight excluding hydrogens is 260 g/mol. The molecule has 0 aliphatic heterocycles. The molecule has 0 amide bonds. The second-order valence-electron chi connectivity index (χ2n) is 5.52. The van der Waals surface area contributed by atoms with Crippen LogP contribution < -0.4 is 10.5 Å². The molecule has 3 N–H and O–H groups in total. The molecule has 1 aromatic rings. The molecule has 1 aliphatic carbocycles. The molecule has 1 saturated carbocycles. The third kappa shape index (κ3) is 3.55. The lowest BCUT2D eigenvalue weighted by Gasteiger charge is -2.16. The number of hydrogen-bond acceptors (Lipinski definition) is 3. The second-order valence-corrected chi connectivity index (χ2v) is 7.24. The Bertz CT molecular complexity index is 519. The van der Waals surface area contributed by atoms with E-state index in [1.807, 2.05) is 12.1 Å². The van der Waals surface area contributed by atoms with Crippen molar-refractivity contribution in [2.75, 3.05) is 6.54 Å². The van der Waals surface area contributed by atoms with E-state index in [1.165, 1.54) is 0 Å². The first-order chi connectivity index (χ1) is 8.94. The van der Waals surface area contributed by atoms with Crippen molar-refractivity contribution in [3.8, 4) is 0 Å². The zero-order valence-corrected chi connectivity index (χ0v) is 12.3. The largest absolute Gasteiger partial charge is 0.329 e. The fraction of sp³-hybridized carbons (Fsp3) is 0.571. The van der Waals surface area contributed by atoms with Gasteiger partial charge in [0, 0.05) is 12.6 Å². The summed E-state index contributed by atoms with van der Waals surface area (Å²) in [4.78, 5) is 0.316. The number of benzene rings is 1. The average molecular weight is 282 g/mol. The van der Waals surface area contributed by atoms with Gasteiger partial charge in [0.15, 0.2) is 0 Å². The van der Waals surface area contributed by atoms with Crippen LogP contribution in [-0.2, 0) is 10.0 Å². The molecule has 1 fully saturated rings. The van der Waals surface area contributed by atoms with Gasteiger partial charge in [-0.15, -0.1) is 0 Å². The zero-order valence-electron chi connectivity index (χ0n) is 11.5. The Balaban J connectivity index is 2.14. The van der Waals surface area contributed by atoms with E-state index in [-0.39, 0.29) is 6.04 Å². The maximum Gasteiger partial charge on any atom is 0.240 e. The summed E-state index contributed by atoms with van der Waals surface area (Å²) in [6.45, 7) is 4.52. The molecule has 106 valence electrons. The molecule has 4 nitrogen and oxygen atoms in total. The van der Waals surface area contributed by atoms with Crippen molar-refractivity contribution >= 4 is 10.0 Å². The van der Waals surface area contributed by atoms with Crippen molar-refractivity contribution in [3.63, 3.8) is 0 Å². The highest BCUT2D eigenvalue weighted by atomic mass is 32.2. The van der Waals surface area contributed by atoms with E-state index in [0.29, 0.717) is 23.3 Å². The van der Waals surface area contributed by atoms with Crippen LogP contribution >= 0.6 is 0 Å². The molecule has 0 saturated heterocycles. The Labute approximate surface area is 115 Å². The Morgan fingerprint density at radius 3 is 2.26 bits per heavy atom. The van der Waals surface area contributed by atoms with Crippen LogP contribution in [0.3, 0.4) is 0 Å². The molecular formula is C14H22N2O2S. The van der Waals surface area contributed by atoms with Crippen LogP contribution in [0.25, 0.3) is 0 Å². The van der Waals surface area contributed by atoms with Gasteiger partial charge in [0.1, 0.15) is 0 Å². The van der Waals surface area contributed by atoms with E-state index in [9.17, 15) is 8.42 Å². The molecule has 19 heavy (non-hydrogen) atoms. The van der Waals surface area contributed by atoms with E-state index in [1.54, 1.807) is 12.1 Å². The first-order valence-electron chi connectivity index (χ1n) is 6.76. The molecule has 2 rings (SSSR count). The van der Waals surface area contributed by atoms with Gasteiger partial charge >= 0.3 is 0 Å². The number of nitrogens with two attached hydrogens (primary N) is 1. The molecule has 1 atom stereocenters. The van der Waals surface area contributed by atoms with Gasteiger partial charge in [-0.3, -0.25) is 0 Å². The molecule has 0 aromatic heterocycles. The van der Waals surface area contributed by atoms with Crippen LogP contribution in [0.15, 0.2) is 29.2 Å². The van der Waals surface area contributed by atoms with Crippen LogP contribution in [0.2, 0.25) is 0 Å². The predicted octanol–water partition coefficient (Wildman–Crippen LogP) is 1.83. The fourth-order valence-electron chi connectivity index (χ4n) is 2.13. The van der Waals surface area contributed by atoms with E-state index in [4.69, 9.17) is 5.73 Å². The quantitative estimate of drug-likeness (QED) is 0.836. The summed E-state index contributed by atoms with van der Waals surface area (Å²) < 4.78 is 27.2. The van der Waals surface area contributed by atoms with E-state index < -0.39 is 10.0 Å². The number of rotatable bonds is 6. The first-order valence-corrected chi connectivity index (χ1v) is 8.24. The number of nitrogens with one attached hydrogen (secondary N) is 1. The Hall–Kier alpha value is -0.910. The topological polar surface area (TPSA) is 72.2 Å². The van der Waals surface area contributed by atoms with Gasteiger partial charge in [0.2, 0.25) is 10.0 Å². The molecule has 1 unspecified atom stereocenters. The summed E-state index contributed by atoms with van der Waals surface area (Å²) in [5, 5.41) is 0. The number of hydrogen-bond donors (Lipinski definition) is 2. The minimum absolute atomic E-state index is 0.130. The predicted molar refractivity (Wildman–Crippen MR) is 76.4 cm³/mol. The summed E-state index contributed by atoms with van der Waals surface area (Å²) in [6, 6.07) is 6.94. The van der Waals surface area contributed by atoms with E-state index in [2.05, 4.69) is 18.6 Å². The normalized spacial score (nSPS) is 17.7. The summed E-state index contributed by atoms with van der Waals surface area (Å²) >= 11 is 0. The van der Waals surface area contributed by atoms with Gasteiger partial charge < -0.3 is 5.73 Å². The monoisotopic (exact) mass is 282 g/mol. The van der Waals surface area contributed by atoms with Crippen LogP contribution in [0, 0.1) is 5.92 Å². The molecule has 5 heteroatoms. The molecule has 1 aliphatic rings. The molecule has 1 aromatic carbocycles. The minimum Gasteiger partial charge on any atom is -0.329 e. The van der Waals surface area contributed by atoms with Crippen molar-refractivity contribution in [1.82, 2.24) is 4.72 Å². The smallest absolute Gasteiger partial charge is 0.240 e. The minimum atomic E-state index is -3.45. The lowest BCUT2D eigenvalue weighted by molar-refractivity contribution is 0.519. The Kier molecular flexibility index (Phi) is 4.28. The van der Waals surface area contributed by atoms with Gasteiger partial charge in [-0.05, 0) is 42.4 Å². The van der Waals surface area contributed by atoms with Crippen molar-refractivity contribution in [1.29, 1.82) is 0 Å². The van der Waals surface area contributed by atoms with Crippen LogP contribution in [0.1, 0.15) is 38.2 Å². The first kappa shape index (κ1) is 14.5. The van der Waals surface area contributed by atoms with Crippen molar-refractivity contribution in [2.45, 2.75) is 43.5 Å². The zero-order chi connectivity index (χ0) is 14.0. The average Bonchev–Trinajstić information content (AvgIpc) is 3.20. The van der Waals surface area contributed by atoms with Gasteiger partial charge in [0.05, 0.1) is 4.90 Å². The lowest BCUT2D eigenvalue weighted by Crippen LogP contribution is -2.41. The van der Waals surface area contributed by atoms with Gasteiger partial charge in [-0.25, -0.2) is 13.1 Å². The van der Waals surface area contributed by atoms with Crippen LogP contribution in [0.5, 0.6) is 0 Å². The third-order valence-electron chi connectivity index (χ3n) is 3.61. The lowest BCUT2D eigenvalue weighted by atomic mass is 10.0.